The molecular formula is C13H14N4O. The topological polar surface area (TPSA) is 61.9 Å². The fraction of sp³-hybridized carbons (Fsp3) is 0.308. The van der Waals surface area contributed by atoms with Crippen molar-refractivity contribution in [2.45, 2.75) is 19.4 Å². The van der Waals surface area contributed by atoms with E-state index in [2.05, 4.69) is 27.5 Å². The molecule has 1 aliphatic rings. The molecule has 0 spiro atoms. The molecule has 5 heteroatoms. The number of aromatic nitrogens is 3. The van der Waals surface area contributed by atoms with Crippen LogP contribution in [-0.4, -0.2) is 32.8 Å². The fourth-order valence-corrected chi connectivity index (χ4v) is 2.34. The first-order valence-electron chi connectivity index (χ1n) is 6.06. The third-order valence-electron chi connectivity index (χ3n) is 3.28. The van der Waals surface area contributed by atoms with E-state index in [0.29, 0.717) is 12.2 Å². The zero-order valence-electron chi connectivity index (χ0n) is 9.97. The number of nitrogens with one attached hydrogen (secondary N) is 1. The maximum Gasteiger partial charge on any atom is 0.276 e. The van der Waals surface area contributed by atoms with Gasteiger partial charge in [-0.05, 0) is 24.0 Å². The van der Waals surface area contributed by atoms with E-state index in [1.807, 2.05) is 17.0 Å². The van der Waals surface area contributed by atoms with Crippen molar-refractivity contribution in [3.05, 3.63) is 47.3 Å². The van der Waals surface area contributed by atoms with Crippen molar-refractivity contribution < 1.29 is 4.79 Å². The molecule has 0 bridgehead atoms. The summed E-state index contributed by atoms with van der Waals surface area (Å²) in [5.74, 6) is -0.0551. The summed E-state index contributed by atoms with van der Waals surface area (Å²) in [5, 5.41) is 10.0. The Balaban J connectivity index is 1.85. The van der Waals surface area contributed by atoms with Crippen molar-refractivity contribution >= 4 is 5.91 Å². The number of aromatic amines is 1. The van der Waals surface area contributed by atoms with Gasteiger partial charge in [0.25, 0.3) is 5.91 Å². The van der Waals surface area contributed by atoms with Gasteiger partial charge in [0.15, 0.2) is 5.69 Å². The van der Waals surface area contributed by atoms with Crippen LogP contribution < -0.4 is 0 Å². The molecule has 0 unspecified atom stereocenters. The quantitative estimate of drug-likeness (QED) is 0.822. The molecule has 0 aliphatic carbocycles. The Bertz CT molecular complexity index is 550. The van der Waals surface area contributed by atoms with Gasteiger partial charge in [0, 0.05) is 13.1 Å². The highest BCUT2D eigenvalue weighted by Crippen LogP contribution is 2.19. The maximum absolute atomic E-state index is 12.2. The van der Waals surface area contributed by atoms with Gasteiger partial charge in [-0.1, -0.05) is 24.3 Å². The smallest absolute Gasteiger partial charge is 0.276 e. The van der Waals surface area contributed by atoms with Gasteiger partial charge < -0.3 is 4.90 Å². The number of fused-ring (bicyclic) bond motifs is 1. The molecule has 92 valence electrons. The van der Waals surface area contributed by atoms with Gasteiger partial charge in [-0.3, -0.25) is 4.79 Å². The van der Waals surface area contributed by atoms with Gasteiger partial charge in [0.2, 0.25) is 0 Å². The summed E-state index contributed by atoms with van der Waals surface area (Å²) in [4.78, 5) is 14.1. The SMILES string of the molecule is O=C(c1cn[nH]n1)N1CCCc2ccccc2C1. The van der Waals surface area contributed by atoms with Gasteiger partial charge in [0.05, 0.1) is 6.20 Å². The highest BCUT2D eigenvalue weighted by Gasteiger charge is 2.21. The standard InChI is InChI=1S/C13H14N4O/c18-13(12-8-14-16-15-12)17-7-3-6-10-4-1-2-5-11(10)9-17/h1-2,4-5,8H,3,6-7,9H2,(H,14,15,16). The maximum atomic E-state index is 12.2. The molecule has 2 aromatic rings. The molecule has 3 rings (SSSR count). The Kier molecular flexibility index (Phi) is 2.80. The number of hydrogen-bond donors (Lipinski definition) is 1. The summed E-state index contributed by atoms with van der Waals surface area (Å²) in [7, 11) is 0. The van der Waals surface area contributed by atoms with E-state index in [9.17, 15) is 4.79 Å². The summed E-state index contributed by atoms with van der Waals surface area (Å²) in [6, 6.07) is 8.29. The van der Waals surface area contributed by atoms with Crippen LogP contribution in [0.3, 0.4) is 0 Å². The van der Waals surface area contributed by atoms with Crippen LogP contribution in [0.5, 0.6) is 0 Å². The van der Waals surface area contributed by atoms with E-state index in [-0.39, 0.29) is 5.91 Å². The van der Waals surface area contributed by atoms with Gasteiger partial charge in [-0.25, -0.2) is 0 Å². The number of nitrogens with zero attached hydrogens (tertiary/aromatic N) is 3. The number of hydrogen-bond acceptors (Lipinski definition) is 3. The predicted octanol–water partition coefficient (Wildman–Crippen LogP) is 1.39. The lowest BCUT2D eigenvalue weighted by atomic mass is 10.0. The molecule has 5 nitrogen and oxygen atoms in total. The Morgan fingerprint density at radius 1 is 1.28 bits per heavy atom. The molecule has 0 atom stereocenters. The Labute approximate surface area is 105 Å². The highest BCUT2D eigenvalue weighted by molar-refractivity contribution is 5.91. The first kappa shape index (κ1) is 11.0. The molecule has 2 heterocycles. The molecule has 18 heavy (non-hydrogen) atoms. The van der Waals surface area contributed by atoms with Crippen LogP contribution in [0.2, 0.25) is 0 Å². The van der Waals surface area contributed by atoms with Crippen LogP contribution in [-0.2, 0) is 13.0 Å². The Morgan fingerprint density at radius 2 is 2.11 bits per heavy atom. The average molecular weight is 242 g/mol. The van der Waals surface area contributed by atoms with Gasteiger partial charge in [-0.2, -0.15) is 15.4 Å². The largest absolute Gasteiger partial charge is 0.333 e. The van der Waals surface area contributed by atoms with Crippen LogP contribution in [0.1, 0.15) is 28.0 Å². The first-order chi connectivity index (χ1) is 8.84. The van der Waals surface area contributed by atoms with Crippen molar-refractivity contribution in [3.63, 3.8) is 0 Å². The fourth-order valence-electron chi connectivity index (χ4n) is 2.34. The van der Waals surface area contributed by atoms with Crippen LogP contribution in [0, 0.1) is 0 Å². The van der Waals surface area contributed by atoms with Crippen molar-refractivity contribution in [1.82, 2.24) is 20.3 Å². The zero-order valence-corrected chi connectivity index (χ0v) is 9.97. The third kappa shape index (κ3) is 1.99. The number of aryl methyl sites for hydroxylation is 1. The summed E-state index contributed by atoms with van der Waals surface area (Å²) in [6.07, 6.45) is 3.48. The van der Waals surface area contributed by atoms with Crippen LogP contribution in [0.4, 0.5) is 0 Å². The molecule has 0 radical (unpaired) electrons. The average Bonchev–Trinajstić information content (AvgIpc) is 2.84. The Morgan fingerprint density at radius 3 is 2.89 bits per heavy atom. The lowest BCUT2D eigenvalue weighted by Gasteiger charge is -2.19. The summed E-state index contributed by atoms with van der Waals surface area (Å²) >= 11 is 0. The highest BCUT2D eigenvalue weighted by atomic mass is 16.2. The number of H-pyrrole nitrogens is 1. The lowest BCUT2D eigenvalue weighted by molar-refractivity contribution is 0.0740. The second kappa shape index (κ2) is 4.60. The molecule has 0 saturated heterocycles. The Hall–Kier alpha value is -2.17. The monoisotopic (exact) mass is 242 g/mol. The van der Waals surface area contributed by atoms with Gasteiger partial charge >= 0.3 is 0 Å². The number of amides is 1. The van der Waals surface area contributed by atoms with E-state index < -0.39 is 0 Å². The molecule has 0 fully saturated rings. The van der Waals surface area contributed by atoms with Crippen LogP contribution in [0.25, 0.3) is 0 Å². The second-order valence-corrected chi connectivity index (χ2v) is 4.45. The van der Waals surface area contributed by atoms with Crippen molar-refractivity contribution in [3.8, 4) is 0 Å². The number of rotatable bonds is 1. The lowest BCUT2D eigenvalue weighted by Crippen LogP contribution is -2.30. The summed E-state index contributed by atoms with van der Waals surface area (Å²) < 4.78 is 0. The van der Waals surface area contributed by atoms with Crippen molar-refractivity contribution in [2.24, 2.45) is 0 Å². The van der Waals surface area contributed by atoms with Crippen LogP contribution >= 0.6 is 0 Å². The van der Waals surface area contributed by atoms with E-state index in [1.54, 1.807) is 0 Å². The van der Waals surface area contributed by atoms with Crippen molar-refractivity contribution in [2.75, 3.05) is 6.54 Å². The minimum Gasteiger partial charge on any atom is -0.333 e. The van der Waals surface area contributed by atoms with Gasteiger partial charge in [0.1, 0.15) is 0 Å². The third-order valence-corrected chi connectivity index (χ3v) is 3.28. The summed E-state index contributed by atoms with van der Waals surface area (Å²) in [6.45, 7) is 1.42. The first-order valence-corrected chi connectivity index (χ1v) is 6.06. The molecule has 1 aromatic carbocycles. The number of carbonyl (C=O) groups is 1. The minimum atomic E-state index is -0.0551. The zero-order chi connectivity index (χ0) is 12.4. The van der Waals surface area contributed by atoms with E-state index in [4.69, 9.17) is 0 Å². The molecule has 1 N–H and O–H groups in total. The number of carbonyl (C=O) groups excluding carboxylic acids is 1. The molecule has 0 saturated carbocycles. The summed E-state index contributed by atoms with van der Waals surface area (Å²) in [5.41, 5.74) is 2.95. The van der Waals surface area contributed by atoms with Crippen LogP contribution in [0.15, 0.2) is 30.5 Å². The number of benzene rings is 1. The predicted molar refractivity (Wildman–Crippen MR) is 65.9 cm³/mol. The molecule has 1 aliphatic heterocycles. The van der Waals surface area contributed by atoms with E-state index in [1.165, 1.54) is 17.3 Å². The van der Waals surface area contributed by atoms with Gasteiger partial charge in [-0.15, -0.1) is 0 Å². The molecular weight excluding hydrogens is 228 g/mol. The molecule has 1 amide bonds. The van der Waals surface area contributed by atoms with E-state index in [0.717, 1.165) is 19.4 Å². The van der Waals surface area contributed by atoms with E-state index >= 15 is 0 Å². The normalized spacial score (nSPS) is 15.0. The molecule has 1 aromatic heterocycles. The van der Waals surface area contributed by atoms with Crippen molar-refractivity contribution in [1.29, 1.82) is 0 Å². The minimum absolute atomic E-state index is 0.0551. The second-order valence-electron chi connectivity index (χ2n) is 4.45.